The highest BCUT2D eigenvalue weighted by atomic mass is 16.5. The van der Waals surface area contributed by atoms with Gasteiger partial charge < -0.3 is 20.5 Å². The van der Waals surface area contributed by atoms with Crippen molar-refractivity contribution in [3.63, 3.8) is 0 Å². The van der Waals surface area contributed by atoms with Crippen LogP contribution in [0.4, 0.5) is 0 Å². The standard InChI is InChI=1S/C11H24N2O3/c1-9(2)13(6-7-14)11(15)10(12)5-4-8-16-3/h9-10,14H,4-8,12H2,1-3H3. The van der Waals surface area contributed by atoms with Crippen molar-refractivity contribution >= 4 is 5.91 Å². The van der Waals surface area contributed by atoms with E-state index in [9.17, 15) is 4.79 Å². The number of carbonyl (C=O) groups excluding carboxylic acids is 1. The van der Waals surface area contributed by atoms with Crippen LogP contribution in [0.25, 0.3) is 0 Å². The van der Waals surface area contributed by atoms with Gasteiger partial charge in [-0.15, -0.1) is 0 Å². The van der Waals surface area contributed by atoms with Crippen LogP contribution >= 0.6 is 0 Å². The van der Waals surface area contributed by atoms with Crippen LogP contribution < -0.4 is 5.73 Å². The molecule has 0 saturated carbocycles. The number of nitrogens with two attached hydrogens (primary N) is 1. The number of ether oxygens (including phenoxy) is 1. The second-order valence-corrected chi connectivity index (χ2v) is 4.09. The van der Waals surface area contributed by atoms with Gasteiger partial charge in [0.1, 0.15) is 0 Å². The predicted molar refractivity (Wildman–Crippen MR) is 63.0 cm³/mol. The van der Waals surface area contributed by atoms with Gasteiger partial charge in [-0.3, -0.25) is 4.79 Å². The third-order valence-corrected chi connectivity index (χ3v) is 2.43. The number of carbonyl (C=O) groups is 1. The number of aliphatic hydroxyl groups excluding tert-OH is 1. The molecule has 0 rings (SSSR count). The lowest BCUT2D eigenvalue weighted by Crippen LogP contribution is -2.48. The third-order valence-electron chi connectivity index (χ3n) is 2.43. The Bertz CT molecular complexity index is 198. The van der Waals surface area contributed by atoms with E-state index < -0.39 is 6.04 Å². The lowest BCUT2D eigenvalue weighted by molar-refractivity contribution is -0.135. The molecule has 1 atom stereocenters. The largest absolute Gasteiger partial charge is 0.395 e. The zero-order chi connectivity index (χ0) is 12.6. The summed E-state index contributed by atoms with van der Waals surface area (Å²) in [5.41, 5.74) is 5.80. The fraction of sp³-hybridized carbons (Fsp3) is 0.909. The Balaban J connectivity index is 4.15. The Morgan fingerprint density at radius 3 is 2.56 bits per heavy atom. The number of rotatable bonds is 8. The summed E-state index contributed by atoms with van der Waals surface area (Å²) in [6.45, 7) is 4.75. The SMILES string of the molecule is COCCCC(N)C(=O)N(CCO)C(C)C. The van der Waals surface area contributed by atoms with Crippen LogP contribution in [0.15, 0.2) is 0 Å². The quantitative estimate of drug-likeness (QED) is 0.576. The molecule has 0 bridgehead atoms. The van der Waals surface area contributed by atoms with E-state index in [2.05, 4.69) is 0 Å². The summed E-state index contributed by atoms with van der Waals surface area (Å²) in [6, 6.07) is -0.433. The number of aliphatic hydroxyl groups is 1. The normalized spacial score (nSPS) is 12.9. The van der Waals surface area contributed by atoms with Gasteiger partial charge in [0, 0.05) is 26.3 Å². The van der Waals surface area contributed by atoms with Crippen molar-refractivity contribution in [2.75, 3.05) is 26.9 Å². The summed E-state index contributed by atoms with van der Waals surface area (Å²) in [5.74, 6) is -0.0971. The molecule has 0 heterocycles. The van der Waals surface area contributed by atoms with E-state index in [0.29, 0.717) is 19.6 Å². The zero-order valence-electron chi connectivity index (χ0n) is 10.5. The summed E-state index contributed by atoms with van der Waals surface area (Å²) < 4.78 is 4.91. The molecule has 0 radical (unpaired) electrons. The summed E-state index contributed by atoms with van der Waals surface area (Å²) in [7, 11) is 1.62. The van der Waals surface area contributed by atoms with E-state index in [1.165, 1.54) is 0 Å². The Labute approximate surface area is 97.6 Å². The monoisotopic (exact) mass is 232 g/mol. The number of hydrogen-bond donors (Lipinski definition) is 2. The molecule has 96 valence electrons. The molecular weight excluding hydrogens is 208 g/mol. The van der Waals surface area contributed by atoms with Gasteiger partial charge in [0.25, 0.3) is 0 Å². The molecular formula is C11H24N2O3. The van der Waals surface area contributed by atoms with Crippen LogP contribution in [-0.2, 0) is 9.53 Å². The van der Waals surface area contributed by atoms with Crippen molar-refractivity contribution < 1.29 is 14.6 Å². The molecule has 3 N–H and O–H groups in total. The molecule has 0 fully saturated rings. The maximum atomic E-state index is 11.9. The Kier molecular flexibility index (Phi) is 8.15. The van der Waals surface area contributed by atoms with Crippen LogP contribution in [-0.4, -0.2) is 54.9 Å². The van der Waals surface area contributed by atoms with Gasteiger partial charge in [0.05, 0.1) is 12.6 Å². The van der Waals surface area contributed by atoms with E-state index in [1.807, 2.05) is 13.8 Å². The first kappa shape index (κ1) is 15.3. The predicted octanol–water partition coefficient (Wildman–Crippen LogP) is -0.0304. The van der Waals surface area contributed by atoms with E-state index in [0.717, 1.165) is 6.42 Å². The minimum absolute atomic E-state index is 0.0330. The molecule has 0 aliphatic heterocycles. The van der Waals surface area contributed by atoms with Gasteiger partial charge in [0.2, 0.25) is 5.91 Å². The number of hydrogen-bond acceptors (Lipinski definition) is 4. The Morgan fingerprint density at radius 1 is 1.50 bits per heavy atom. The fourth-order valence-corrected chi connectivity index (χ4v) is 1.51. The summed E-state index contributed by atoms with van der Waals surface area (Å²) in [4.78, 5) is 13.5. The number of amides is 1. The Hall–Kier alpha value is -0.650. The molecule has 16 heavy (non-hydrogen) atoms. The second-order valence-electron chi connectivity index (χ2n) is 4.09. The van der Waals surface area contributed by atoms with Crippen molar-refractivity contribution in [2.45, 2.75) is 38.8 Å². The average Bonchev–Trinajstić information content (AvgIpc) is 2.24. The number of methoxy groups -OCH3 is 1. The zero-order valence-corrected chi connectivity index (χ0v) is 10.5. The molecule has 0 spiro atoms. The molecule has 1 unspecified atom stereocenters. The highest BCUT2D eigenvalue weighted by Crippen LogP contribution is 2.04. The van der Waals surface area contributed by atoms with Crippen molar-refractivity contribution in [1.29, 1.82) is 0 Å². The molecule has 0 aromatic heterocycles. The Morgan fingerprint density at radius 2 is 2.12 bits per heavy atom. The molecule has 0 aromatic carbocycles. The van der Waals surface area contributed by atoms with Crippen LogP contribution in [0, 0.1) is 0 Å². The topological polar surface area (TPSA) is 75.8 Å². The summed E-state index contributed by atoms with van der Waals surface area (Å²) >= 11 is 0. The van der Waals surface area contributed by atoms with Gasteiger partial charge in [-0.25, -0.2) is 0 Å². The van der Waals surface area contributed by atoms with Gasteiger partial charge in [-0.05, 0) is 26.7 Å². The number of nitrogens with zero attached hydrogens (tertiary/aromatic N) is 1. The lowest BCUT2D eigenvalue weighted by atomic mass is 10.1. The third kappa shape index (κ3) is 5.44. The molecule has 0 aliphatic rings. The van der Waals surface area contributed by atoms with Crippen molar-refractivity contribution in [3.8, 4) is 0 Å². The van der Waals surface area contributed by atoms with Gasteiger partial charge in [-0.1, -0.05) is 0 Å². The van der Waals surface area contributed by atoms with Crippen LogP contribution in [0.1, 0.15) is 26.7 Å². The molecule has 1 amide bonds. The summed E-state index contributed by atoms with van der Waals surface area (Å²) in [5, 5.41) is 8.88. The van der Waals surface area contributed by atoms with Crippen molar-refractivity contribution in [2.24, 2.45) is 5.73 Å². The van der Waals surface area contributed by atoms with Crippen LogP contribution in [0.3, 0.4) is 0 Å². The maximum absolute atomic E-state index is 11.9. The van der Waals surface area contributed by atoms with E-state index in [4.69, 9.17) is 15.6 Å². The highest BCUT2D eigenvalue weighted by molar-refractivity contribution is 5.81. The molecule has 0 aliphatic carbocycles. The lowest BCUT2D eigenvalue weighted by Gasteiger charge is -2.28. The average molecular weight is 232 g/mol. The fourth-order valence-electron chi connectivity index (χ4n) is 1.51. The highest BCUT2D eigenvalue weighted by Gasteiger charge is 2.22. The molecule has 0 aromatic rings. The van der Waals surface area contributed by atoms with Gasteiger partial charge in [-0.2, -0.15) is 0 Å². The first-order chi connectivity index (χ1) is 7.54. The van der Waals surface area contributed by atoms with Gasteiger partial charge >= 0.3 is 0 Å². The first-order valence-corrected chi connectivity index (χ1v) is 5.70. The molecule has 5 nitrogen and oxygen atoms in total. The minimum atomic E-state index is -0.496. The first-order valence-electron chi connectivity index (χ1n) is 5.70. The van der Waals surface area contributed by atoms with Gasteiger partial charge in [0.15, 0.2) is 0 Å². The summed E-state index contributed by atoms with van der Waals surface area (Å²) in [6.07, 6.45) is 1.38. The molecule has 5 heteroatoms. The molecule has 0 saturated heterocycles. The van der Waals surface area contributed by atoms with E-state index in [-0.39, 0.29) is 18.6 Å². The van der Waals surface area contributed by atoms with Crippen molar-refractivity contribution in [1.82, 2.24) is 4.90 Å². The van der Waals surface area contributed by atoms with E-state index in [1.54, 1.807) is 12.0 Å². The smallest absolute Gasteiger partial charge is 0.239 e. The maximum Gasteiger partial charge on any atom is 0.239 e. The second kappa shape index (κ2) is 8.50. The minimum Gasteiger partial charge on any atom is -0.395 e. The van der Waals surface area contributed by atoms with Crippen LogP contribution in [0.5, 0.6) is 0 Å². The van der Waals surface area contributed by atoms with Crippen molar-refractivity contribution in [3.05, 3.63) is 0 Å². The van der Waals surface area contributed by atoms with Crippen LogP contribution in [0.2, 0.25) is 0 Å². The van der Waals surface area contributed by atoms with E-state index >= 15 is 0 Å².